The van der Waals surface area contributed by atoms with E-state index >= 15 is 0 Å². The standard InChI is InChI=1S/C14H14O/c1-9-3-2-4-12-11(9)7-5-10-6-8-13(15)14(10)12/h2-4H,5-8H2,1H3. The lowest BCUT2D eigenvalue weighted by molar-refractivity contribution is -0.113. The minimum atomic E-state index is 0.358. The van der Waals surface area contributed by atoms with E-state index in [2.05, 4.69) is 25.1 Å². The zero-order chi connectivity index (χ0) is 10.4. The first-order valence-corrected chi connectivity index (χ1v) is 5.61. The molecule has 0 aliphatic heterocycles. The fourth-order valence-electron chi connectivity index (χ4n) is 2.85. The van der Waals surface area contributed by atoms with E-state index < -0.39 is 0 Å². The fraction of sp³-hybridized carbons (Fsp3) is 0.357. The predicted molar refractivity (Wildman–Crippen MR) is 60.7 cm³/mol. The molecule has 1 aromatic carbocycles. The lowest BCUT2D eigenvalue weighted by Crippen LogP contribution is -2.07. The van der Waals surface area contributed by atoms with Gasteiger partial charge in [-0.2, -0.15) is 0 Å². The summed E-state index contributed by atoms with van der Waals surface area (Å²) in [6.07, 6.45) is 3.95. The lowest BCUT2D eigenvalue weighted by Gasteiger charge is -2.19. The van der Waals surface area contributed by atoms with Crippen LogP contribution in [0.2, 0.25) is 0 Å². The number of rotatable bonds is 0. The molecule has 15 heavy (non-hydrogen) atoms. The minimum absolute atomic E-state index is 0.358. The molecule has 0 amide bonds. The Morgan fingerprint density at radius 2 is 1.87 bits per heavy atom. The first-order valence-electron chi connectivity index (χ1n) is 5.61. The highest BCUT2D eigenvalue weighted by Crippen LogP contribution is 2.40. The van der Waals surface area contributed by atoms with Crippen LogP contribution in [-0.4, -0.2) is 5.78 Å². The van der Waals surface area contributed by atoms with Gasteiger partial charge in [0.05, 0.1) is 0 Å². The van der Waals surface area contributed by atoms with E-state index in [9.17, 15) is 4.79 Å². The molecule has 76 valence electrons. The van der Waals surface area contributed by atoms with E-state index in [0.717, 1.165) is 31.3 Å². The van der Waals surface area contributed by atoms with E-state index in [1.165, 1.54) is 22.3 Å². The van der Waals surface area contributed by atoms with Crippen LogP contribution >= 0.6 is 0 Å². The summed E-state index contributed by atoms with van der Waals surface area (Å²) in [5.41, 5.74) is 6.40. The maximum atomic E-state index is 11.8. The Kier molecular flexibility index (Phi) is 1.82. The normalized spacial score (nSPS) is 19.1. The molecule has 0 spiro atoms. The van der Waals surface area contributed by atoms with Gasteiger partial charge in [-0.25, -0.2) is 0 Å². The Hall–Kier alpha value is -1.37. The molecule has 1 nitrogen and oxygen atoms in total. The zero-order valence-electron chi connectivity index (χ0n) is 8.97. The van der Waals surface area contributed by atoms with Crippen LogP contribution < -0.4 is 0 Å². The largest absolute Gasteiger partial charge is 0.294 e. The van der Waals surface area contributed by atoms with Gasteiger partial charge in [0, 0.05) is 12.0 Å². The van der Waals surface area contributed by atoms with E-state index in [4.69, 9.17) is 0 Å². The molecule has 0 saturated carbocycles. The van der Waals surface area contributed by atoms with Crippen LogP contribution in [0.15, 0.2) is 23.8 Å². The number of fused-ring (bicyclic) bond motifs is 2. The molecule has 0 unspecified atom stereocenters. The number of aryl methyl sites for hydroxylation is 1. The molecule has 0 heterocycles. The summed E-state index contributed by atoms with van der Waals surface area (Å²) in [7, 11) is 0. The molecule has 2 aliphatic rings. The van der Waals surface area contributed by atoms with E-state index in [0.29, 0.717) is 5.78 Å². The van der Waals surface area contributed by atoms with Gasteiger partial charge in [0.1, 0.15) is 0 Å². The number of carbonyl (C=O) groups is 1. The molecule has 2 aliphatic carbocycles. The lowest BCUT2D eigenvalue weighted by atomic mass is 9.84. The Bertz CT molecular complexity index is 480. The summed E-state index contributed by atoms with van der Waals surface area (Å²) in [4.78, 5) is 11.8. The second-order valence-electron chi connectivity index (χ2n) is 4.50. The van der Waals surface area contributed by atoms with Gasteiger partial charge in [-0.05, 0) is 42.9 Å². The zero-order valence-corrected chi connectivity index (χ0v) is 8.97. The molecular formula is C14H14O. The summed E-state index contributed by atoms with van der Waals surface area (Å²) >= 11 is 0. The number of hydrogen-bond donors (Lipinski definition) is 0. The van der Waals surface area contributed by atoms with E-state index in [1.807, 2.05) is 0 Å². The number of Topliss-reactive ketones (excluding diaryl/α,β-unsaturated/α-hetero) is 1. The summed E-state index contributed by atoms with van der Waals surface area (Å²) in [5.74, 6) is 0.358. The number of ketones is 1. The summed E-state index contributed by atoms with van der Waals surface area (Å²) in [5, 5.41) is 0. The van der Waals surface area contributed by atoms with Crippen LogP contribution in [0, 0.1) is 6.92 Å². The predicted octanol–water partition coefficient (Wildman–Crippen LogP) is 3.06. The van der Waals surface area contributed by atoms with E-state index in [1.54, 1.807) is 0 Å². The highest BCUT2D eigenvalue weighted by molar-refractivity contribution is 6.24. The second-order valence-corrected chi connectivity index (χ2v) is 4.50. The molecule has 0 N–H and O–H groups in total. The van der Waals surface area contributed by atoms with Crippen LogP contribution in [0.3, 0.4) is 0 Å². The average Bonchev–Trinajstić information content (AvgIpc) is 2.61. The number of allylic oxidation sites excluding steroid dienone is 2. The number of carbonyl (C=O) groups excluding carboxylic acids is 1. The Balaban J connectivity index is 2.25. The topological polar surface area (TPSA) is 17.1 Å². The van der Waals surface area contributed by atoms with Crippen LogP contribution in [0.4, 0.5) is 0 Å². The number of benzene rings is 1. The van der Waals surface area contributed by atoms with Crippen molar-refractivity contribution in [2.45, 2.75) is 32.6 Å². The molecule has 0 radical (unpaired) electrons. The van der Waals surface area contributed by atoms with Crippen LogP contribution in [0.1, 0.15) is 36.0 Å². The molecule has 0 fully saturated rings. The van der Waals surface area contributed by atoms with Crippen LogP contribution in [0.5, 0.6) is 0 Å². The summed E-state index contributed by atoms with van der Waals surface area (Å²) in [6, 6.07) is 6.32. The maximum Gasteiger partial charge on any atom is 0.163 e. The van der Waals surface area contributed by atoms with Gasteiger partial charge in [-0.1, -0.05) is 23.8 Å². The molecule has 0 atom stereocenters. The van der Waals surface area contributed by atoms with Gasteiger partial charge in [0.2, 0.25) is 0 Å². The maximum absolute atomic E-state index is 11.8. The highest BCUT2D eigenvalue weighted by atomic mass is 16.1. The van der Waals surface area contributed by atoms with Crippen molar-refractivity contribution in [2.24, 2.45) is 0 Å². The monoisotopic (exact) mass is 198 g/mol. The summed E-state index contributed by atoms with van der Waals surface area (Å²) < 4.78 is 0. The molecule has 3 rings (SSSR count). The van der Waals surface area contributed by atoms with Crippen molar-refractivity contribution in [3.63, 3.8) is 0 Å². The van der Waals surface area contributed by atoms with Crippen molar-refractivity contribution >= 4 is 11.4 Å². The number of hydrogen-bond acceptors (Lipinski definition) is 1. The van der Waals surface area contributed by atoms with Crippen molar-refractivity contribution in [1.29, 1.82) is 0 Å². The van der Waals surface area contributed by atoms with Gasteiger partial charge < -0.3 is 0 Å². The quantitative estimate of drug-likeness (QED) is 0.626. The van der Waals surface area contributed by atoms with Gasteiger partial charge in [0.15, 0.2) is 5.78 Å². The van der Waals surface area contributed by atoms with Crippen molar-refractivity contribution < 1.29 is 4.79 Å². The van der Waals surface area contributed by atoms with Crippen molar-refractivity contribution in [2.75, 3.05) is 0 Å². The van der Waals surface area contributed by atoms with Crippen molar-refractivity contribution in [1.82, 2.24) is 0 Å². The van der Waals surface area contributed by atoms with Gasteiger partial charge >= 0.3 is 0 Å². The third-order valence-electron chi connectivity index (χ3n) is 3.64. The van der Waals surface area contributed by atoms with Crippen LogP contribution in [-0.2, 0) is 11.2 Å². The first-order chi connectivity index (χ1) is 7.27. The first kappa shape index (κ1) is 8.90. The van der Waals surface area contributed by atoms with Gasteiger partial charge in [-0.15, -0.1) is 0 Å². The van der Waals surface area contributed by atoms with Crippen LogP contribution in [0.25, 0.3) is 5.57 Å². The van der Waals surface area contributed by atoms with Crippen molar-refractivity contribution in [3.8, 4) is 0 Å². The Morgan fingerprint density at radius 1 is 1.07 bits per heavy atom. The smallest absolute Gasteiger partial charge is 0.163 e. The Labute approximate surface area is 89.8 Å². The average molecular weight is 198 g/mol. The molecule has 0 saturated heterocycles. The third kappa shape index (κ3) is 1.19. The summed E-state index contributed by atoms with van der Waals surface area (Å²) in [6.45, 7) is 2.14. The SMILES string of the molecule is Cc1cccc2c1CCC1=C2C(=O)CC1. The molecule has 1 aromatic rings. The van der Waals surface area contributed by atoms with Gasteiger partial charge in [0.25, 0.3) is 0 Å². The van der Waals surface area contributed by atoms with Crippen molar-refractivity contribution in [3.05, 3.63) is 40.5 Å². The second kappa shape index (κ2) is 3.06. The van der Waals surface area contributed by atoms with Gasteiger partial charge in [-0.3, -0.25) is 4.79 Å². The molecular weight excluding hydrogens is 184 g/mol. The molecule has 1 heteroatoms. The van der Waals surface area contributed by atoms with E-state index in [-0.39, 0.29) is 0 Å². The molecule has 0 aromatic heterocycles. The Morgan fingerprint density at radius 3 is 2.73 bits per heavy atom. The highest BCUT2D eigenvalue weighted by Gasteiger charge is 2.29. The molecule has 0 bridgehead atoms. The minimum Gasteiger partial charge on any atom is -0.294 e. The fourth-order valence-corrected chi connectivity index (χ4v) is 2.85. The third-order valence-corrected chi connectivity index (χ3v) is 3.64.